The zero-order valence-corrected chi connectivity index (χ0v) is 14.4. The molecule has 0 spiro atoms. The number of carbonyl (C=O) groups is 1. The van der Waals surface area contributed by atoms with Crippen LogP contribution in [0.25, 0.3) is 0 Å². The van der Waals surface area contributed by atoms with Crippen LogP contribution in [-0.2, 0) is 0 Å². The van der Waals surface area contributed by atoms with Crippen molar-refractivity contribution >= 4 is 56.5 Å². The van der Waals surface area contributed by atoms with Gasteiger partial charge in [0.25, 0.3) is 5.91 Å². The number of carbonyl (C=O) groups excluding carboxylic acids is 1. The van der Waals surface area contributed by atoms with Crippen molar-refractivity contribution in [2.45, 2.75) is 6.92 Å². The summed E-state index contributed by atoms with van der Waals surface area (Å²) in [4.78, 5) is 16.3. The molecule has 2 N–H and O–H groups in total. The smallest absolute Gasteiger partial charge is 0.255 e. The van der Waals surface area contributed by atoms with Crippen molar-refractivity contribution in [1.29, 1.82) is 0 Å². The highest BCUT2D eigenvalue weighted by atomic mass is 79.9. The van der Waals surface area contributed by atoms with Crippen molar-refractivity contribution in [2.24, 2.45) is 0 Å². The van der Waals surface area contributed by atoms with Crippen molar-refractivity contribution in [3.05, 3.63) is 50.0 Å². The largest absolute Gasteiger partial charge is 0.373 e. The molecule has 1 aromatic heterocycles. The zero-order chi connectivity index (χ0) is 15.6. The molecule has 4 nitrogen and oxygen atoms in total. The first-order valence-corrected chi connectivity index (χ1v) is 7.58. The standard InChI is InChI=1S/C14H12BrCl2N3O/c1-7-3-9(15)11(6-10(7)16)19-14(21)8-4-12(17)20-13(5-8)18-2/h3-6H,1-2H3,(H,18,20)(H,19,21). The molecule has 0 unspecified atom stereocenters. The van der Waals surface area contributed by atoms with E-state index < -0.39 is 0 Å². The highest BCUT2D eigenvalue weighted by Crippen LogP contribution is 2.29. The molecule has 0 atom stereocenters. The maximum absolute atomic E-state index is 12.3. The van der Waals surface area contributed by atoms with Gasteiger partial charge in [0.05, 0.1) is 5.69 Å². The molecule has 2 rings (SSSR count). The van der Waals surface area contributed by atoms with Gasteiger partial charge in [0.2, 0.25) is 0 Å². The molecule has 0 aliphatic rings. The van der Waals surface area contributed by atoms with E-state index in [1.165, 1.54) is 6.07 Å². The van der Waals surface area contributed by atoms with Crippen LogP contribution in [0.4, 0.5) is 11.5 Å². The van der Waals surface area contributed by atoms with Crippen LogP contribution in [0, 0.1) is 6.92 Å². The average molecular weight is 389 g/mol. The van der Waals surface area contributed by atoms with Gasteiger partial charge >= 0.3 is 0 Å². The number of anilines is 2. The predicted octanol–water partition coefficient (Wildman–Crippen LogP) is 4.75. The van der Waals surface area contributed by atoms with Crippen LogP contribution in [0.3, 0.4) is 0 Å². The predicted molar refractivity (Wildman–Crippen MR) is 90.6 cm³/mol. The average Bonchev–Trinajstić information content (AvgIpc) is 2.43. The normalized spacial score (nSPS) is 10.3. The number of aromatic nitrogens is 1. The summed E-state index contributed by atoms with van der Waals surface area (Å²) in [5, 5.41) is 6.46. The fourth-order valence-electron chi connectivity index (χ4n) is 1.69. The SMILES string of the molecule is CNc1cc(C(=O)Nc2cc(Cl)c(C)cc2Br)cc(Cl)n1. The first-order chi connectivity index (χ1) is 9.90. The molecule has 0 bridgehead atoms. The van der Waals surface area contributed by atoms with E-state index in [0.29, 0.717) is 22.1 Å². The Morgan fingerprint density at radius 2 is 1.95 bits per heavy atom. The minimum absolute atomic E-state index is 0.244. The summed E-state index contributed by atoms with van der Waals surface area (Å²) < 4.78 is 0.756. The highest BCUT2D eigenvalue weighted by molar-refractivity contribution is 9.10. The minimum Gasteiger partial charge on any atom is -0.373 e. The highest BCUT2D eigenvalue weighted by Gasteiger charge is 2.12. The quantitative estimate of drug-likeness (QED) is 0.745. The molecule has 1 amide bonds. The second-order valence-corrected chi connectivity index (χ2v) is 6.00. The van der Waals surface area contributed by atoms with Crippen LogP contribution in [0.5, 0.6) is 0 Å². The maximum atomic E-state index is 12.3. The second-order valence-electron chi connectivity index (χ2n) is 4.35. The van der Waals surface area contributed by atoms with E-state index in [4.69, 9.17) is 23.2 Å². The minimum atomic E-state index is -0.295. The summed E-state index contributed by atoms with van der Waals surface area (Å²) in [6.07, 6.45) is 0. The number of nitrogens with one attached hydrogen (secondary N) is 2. The van der Waals surface area contributed by atoms with Gasteiger partial charge in [-0.1, -0.05) is 23.2 Å². The first kappa shape index (κ1) is 16.1. The lowest BCUT2D eigenvalue weighted by Gasteiger charge is -2.10. The van der Waals surface area contributed by atoms with E-state index >= 15 is 0 Å². The van der Waals surface area contributed by atoms with E-state index in [0.717, 1.165) is 10.0 Å². The van der Waals surface area contributed by atoms with Crippen molar-refractivity contribution < 1.29 is 4.79 Å². The fourth-order valence-corrected chi connectivity index (χ4v) is 2.62. The summed E-state index contributed by atoms with van der Waals surface area (Å²) in [5.74, 6) is 0.227. The fraction of sp³-hybridized carbons (Fsp3) is 0.143. The molecule has 1 aromatic carbocycles. The summed E-state index contributed by atoms with van der Waals surface area (Å²) in [7, 11) is 1.71. The molecule has 0 saturated heterocycles. The van der Waals surface area contributed by atoms with Gasteiger partial charge in [-0.2, -0.15) is 0 Å². The summed E-state index contributed by atoms with van der Waals surface area (Å²) in [6.45, 7) is 1.89. The maximum Gasteiger partial charge on any atom is 0.255 e. The number of rotatable bonds is 3. The van der Waals surface area contributed by atoms with Crippen LogP contribution in [0.1, 0.15) is 15.9 Å². The third kappa shape index (κ3) is 3.87. The summed E-state index contributed by atoms with van der Waals surface area (Å²) >= 11 is 15.4. The molecular formula is C14H12BrCl2N3O. The van der Waals surface area contributed by atoms with Crippen molar-refractivity contribution in [3.63, 3.8) is 0 Å². The Hall–Kier alpha value is -1.30. The van der Waals surface area contributed by atoms with Gasteiger partial charge in [-0.25, -0.2) is 4.98 Å². The third-order valence-electron chi connectivity index (χ3n) is 2.81. The van der Waals surface area contributed by atoms with E-state index in [1.54, 1.807) is 19.2 Å². The first-order valence-electron chi connectivity index (χ1n) is 6.03. The van der Waals surface area contributed by atoms with Gasteiger partial charge < -0.3 is 10.6 Å². The van der Waals surface area contributed by atoms with Crippen molar-refractivity contribution in [2.75, 3.05) is 17.7 Å². The van der Waals surface area contributed by atoms with Gasteiger partial charge in [0, 0.05) is 22.1 Å². The number of pyridine rings is 1. The van der Waals surface area contributed by atoms with Gasteiger partial charge in [0.15, 0.2) is 0 Å². The monoisotopic (exact) mass is 387 g/mol. The Morgan fingerprint density at radius 3 is 2.62 bits per heavy atom. The number of hydrogen-bond acceptors (Lipinski definition) is 3. The molecule has 1 heterocycles. The number of halogens is 3. The van der Waals surface area contributed by atoms with Crippen molar-refractivity contribution in [3.8, 4) is 0 Å². The molecule has 0 radical (unpaired) electrons. The summed E-state index contributed by atoms with van der Waals surface area (Å²) in [5.41, 5.74) is 1.92. The van der Waals surface area contributed by atoms with Gasteiger partial charge in [-0.3, -0.25) is 4.79 Å². The molecule has 21 heavy (non-hydrogen) atoms. The number of hydrogen-bond donors (Lipinski definition) is 2. The second kappa shape index (κ2) is 6.64. The number of nitrogens with zero attached hydrogens (tertiary/aromatic N) is 1. The molecular weight excluding hydrogens is 377 g/mol. The number of benzene rings is 1. The molecule has 0 aliphatic carbocycles. The molecule has 110 valence electrons. The Labute approximate surface area is 141 Å². The topological polar surface area (TPSA) is 54.0 Å². The number of amides is 1. The van der Waals surface area contributed by atoms with E-state index in [-0.39, 0.29) is 11.1 Å². The number of aryl methyl sites for hydroxylation is 1. The van der Waals surface area contributed by atoms with Crippen LogP contribution in [0.15, 0.2) is 28.7 Å². The van der Waals surface area contributed by atoms with Crippen LogP contribution in [-0.4, -0.2) is 17.9 Å². The lowest BCUT2D eigenvalue weighted by Crippen LogP contribution is -2.13. The Kier molecular flexibility index (Phi) is 5.08. The van der Waals surface area contributed by atoms with E-state index in [9.17, 15) is 4.79 Å². The van der Waals surface area contributed by atoms with Crippen LogP contribution < -0.4 is 10.6 Å². The lowest BCUT2D eigenvalue weighted by atomic mass is 10.2. The van der Waals surface area contributed by atoms with E-state index in [1.807, 2.05) is 13.0 Å². The van der Waals surface area contributed by atoms with Crippen LogP contribution in [0.2, 0.25) is 10.2 Å². The molecule has 7 heteroatoms. The molecule has 0 aliphatic heterocycles. The molecule has 0 saturated carbocycles. The van der Waals surface area contributed by atoms with Crippen molar-refractivity contribution in [1.82, 2.24) is 4.98 Å². The molecule has 0 fully saturated rings. The Balaban J connectivity index is 2.30. The van der Waals surface area contributed by atoms with Gasteiger partial charge in [0.1, 0.15) is 11.0 Å². The third-order valence-corrected chi connectivity index (χ3v) is 4.07. The zero-order valence-electron chi connectivity index (χ0n) is 11.3. The summed E-state index contributed by atoms with van der Waals surface area (Å²) in [6, 6.07) is 6.66. The van der Waals surface area contributed by atoms with E-state index in [2.05, 4.69) is 31.5 Å². The Morgan fingerprint density at radius 1 is 1.24 bits per heavy atom. The lowest BCUT2D eigenvalue weighted by molar-refractivity contribution is 0.102. The van der Waals surface area contributed by atoms with Crippen LogP contribution >= 0.6 is 39.1 Å². The van der Waals surface area contributed by atoms with Gasteiger partial charge in [-0.05, 0) is 52.7 Å². The molecule has 2 aromatic rings. The Bertz CT molecular complexity index is 707. The van der Waals surface area contributed by atoms with Gasteiger partial charge in [-0.15, -0.1) is 0 Å².